The topological polar surface area (TPSA) is 90.9 Å². The summed E-state index contributed by atoms with van der Waals surface area (Å²) in [5.41, 5.74) is 1.08. The summed E-state index contributed by atoms with van der Waals surface area (Å²) in [5.74, 6) is 0.920. The lowest BCUT2D eigenvalue weighted by atomic mass is 9.87. The molecule has 1 atom stereocenters. The molecule has 0 saturated carbocycles. The fourth-order valence-corrected chi connectivity index (χ4v) is 5.88. The number of halogens is 2. The van der Waals surface area contributed by atoms with E-state index in [1.54, 1.807) is 57.2 Å². The van der Waals surface area contributed by atoms with Gasteiger partial charge in [0, 0.05) is 11.1 Å². The molecule has 0 unspecified atom stereocenters. The molecule has 0 radical (unpaired) electrons. The Morgan fingerprint density at radius 3 is 2.45 bits per heavy atom. The second kappa shape index (κ2) is 11.5. The number of rotatable bonds is 8. The van der Waals surface area contributed by atoms with Gasteiger partial charge in [0.1, 0.15) is 22.8 Å². The van der Waals surface area contributed by atoms with Gasteiger partial charge >= 0.3 is 5.97 Å². The van der Waals surface area contributed by atoms with Gasteiger partial charge in [-0.3, -0.25) is 0 Å². The predicted molar refractivity (Wildman–Crippen MR) is 147 cm³/mol. The van der Waals surface area contributed by atoms with Crippen LogP contribution < -0.4 is 14.2 Å². The van der Waals surface area contributed by atoms with E-state index < -0.39 is 27.6 Å². The summed E-state index contributed by atoms with van der Waals surface area (Å²) >= 11 is 12.3. The number of hydrogen-bond acceptors (Lipinski definition) is 6. The Labute approximate surface area is 233 Å². The van der Waals surface area contributed by atoms with Gasteiger partial charge in [0.15, 0.2) is 6.61 Å². The summed E-state index contributed by atoms with van der Waals surface area (Å²) in [6.45, 7) is 5.14. The highest BCUT2D eigenvalue weighted by atomic mass is 35.5. The van der Waals surface area contributed by atoms with Crippen LogP contribution in [0.15, 0.2) is 65.6 Å². The molecule has 7 nitrogen and oxygen atoms in total. The summed E-state index contributed by atoms with van der Waals surface area (Å²) < 4.78 is 46.2. The Balaban J connectivity index is 1.49. The summed E-state index contributed by atoms with van der Waals surface area (Å²) in [4.78, 5) is 12.1. The third kappa shape index (κ3) is 7.20. The molecule has 0 spiro atoms. The number of carbonyl (C=O) groups is 1. The van der Waals surface area contributed by atoms with E-state index in [4.69, 9.17) is 37.4 Å². The first kappa shape index (κ1) is 28.2. The number of sulfonamides is 1. The van der Waals surface area contributed by atoms with Crippen molar-refractivity contribution in [2.75, 3.05) is 6.61 Å². The molecular weight excluding hydrogens is 549 g/mol. The molecule has 4 rings (SSSR count). The highest BCUT2D eigenvalue weighted by Crippen LogP contribution is 2.37. The minimum absolute atomic E-state index is 0.0235. The van der Waals surface area contributed by atoms with Crippen LogP contribution >= 0.6 is 23.2 Å². The molecule has 3 aromatic carbocycles. The van der Waals surface area contributed by atoms with Gasteiger partial charge < -0.3 is 14.2 Å². The second-order valence-electron chi connectivity index (χ2n) is 9.91. The summed E-state index contributed by atoms with van der Waals surface area (Å²) in [6, 6.07) is 16.1. The molecule has 0 aliphatic heterocycles. The maximum Gasteiger partial charge on any atom is 0.344 e. The van der Waals surface area contributed by atoms with Crippen LogP contribution in [0.1, 0.15) is 50.8 Å². The van der Waals surface area contributed by atoms with Crippen LogP contribution in [0.5, 0.6) is 17.2 Å². The van der Waals surface area contributed by atoms with Crippen molar-refractivity contribution in [1.82, 2.24) is 4.72 Å². The molecule has 0 amide bonds. The van der Waals surface area contributed by atoms with Crippen molar-refractivity contribution in [2.45, 2.75) is 56.6 Å². The third-order valence-electron chi connectivity index (χ3n) is 5.78. The van der Waals surface area contributed by atoms with E-state index in [2.05, 4.69) is 4.72 Å². The van der Waals surface area contributed by atoms with Gasteiger partial charge in [-0.1, -0.05) is 35.3 Å². The fraction of sp³-hybridized carbons (Fsp3) is 0.321. The van der Waals surface area contributed by atoms with Gasteiger partial charge in [-0.2, -0.15) is 0 Å². The van der Waals surface area contributed by atoms with E-state index in [9.17, 15) is 13.2 Å². The Hall–Kier alpha value is -2.78. The van der Waals surface area contributed by atoms with Crippen molar-refractivity contribution in [3.8, 4) is 17.2 Å². The van der Waals surface area contributed by atoms with Crippen LogP contribution in [0, 0.1) is 0 Å². The lowest BCUT2D eigenvalue weighted by molar-refractivity contribution is -0.157. The first-order valence-electron chi connectivity index (χ1n) is 12.1. The van der Waals surface area contributed by atoms with Crippen molar-refractivity contribution in [3.63, 3.8) is 0 Å². The fourth-order valence-electron chi connectivity index (χ4n) is 4.20. The number of ether oxygens (including phenoxy) is 3. The summed E-state index contributed by atoms with van der Waals surface area (Å²) in [5, 5.41) is 0.728. The highest BCUT2D eigenvalue weighted by Gasteiger charge is 2.28. The van der Waals surface area contributed by atoms with Gasteiger partial charge in [0.25, 0.3) is 0 Å². The molecular formula is C28H29Cl2NO6S. The van der Waals surface area contributed by atoms with E-state index in [1.165, 1.54) is 18.2 Å². The maximum absolute atomic E-state index is 13.3. The number of esters is 1. The molecule has 202 valence electrons. The number of fused-ring (bicyclic) bond motifs is 1. The zero-order valence-corrected chi connectivity index (χ0v) is 23.6. The molecule has 0 heterocycles. The summed E-state index contributed by atoms with van der Waals surface area (Å²) in [6.07, 6.45) is 2.08. The van der Waals surface area contributed by atoms with Crippen LogP contribution in [0.25, 0.3) is 0 Å². The molecule has 1 aliphatic carbocycles. The largest absolute Gasteiger partial charge is 0.482 e. The molecule has 1 N–H and O–H groups in total. The Bertz CT molecular complexity index is 1420. The van der Waals surface area contributed by atoms with E-state index in [0.717, 1.165) is 17.5 Å². The molecule has 10 heteroatoms. The van der Waals surface area contributed by atoms with Gasteiger partial charge in [0.2, 0.25) is 10.0 Å². The normalized spacial score (nSPS) is 15.4. The van der Waals surface area contributed by atoms with E-state index in [-0.39, 0.29) is 16.5 Å². The summed E-state index contributed by atoms with van der Waals surface area (Å²) in [7, 11) is -3.90. The standard InChI is InChI=1S/C28H29Cl2NO6S/c1-28(2,3)37-27(32)17-35-25-9-5-6-21-22(25)7-4-8-24(21)31-38(33,34)20-14-15-26(23(30)16-20)36-19-12-10-18(29)11-13-19/h5-6,9-16,24,31H,4,7-8,17H2,1-3H3/t24-/m1/s1. The van der Waals surface area contributed by atoms with Crippen LogP contribution in [0.3, 0.4) is 0 Å². The van der Waals surface area contributed by atoms with Crippen molar-refractivity contribution in [1.29, 1.82) is 0 Å². The SMILES string of the molecule is CC(C)(C)OC(=O)COc1cccc2c1CCC[C@H]2NS(=O)(=O)c1ccc(Oc2ccc(Cl)cc2)c(Cl)c1. The van der Waals surface area contributed by atoms with Crippen molar-refractivity contribution >= 4 is 39.2 Å². The van der Waals surface area contributed by atoms with Crippen LogP contribution in [0.2, 0.25) is 10.0 Å². The lowest BCUT2D eigenvalue weighted by Gasteiger charge is -2.28. The Morgan fingerprint density at radius 1 is 1.03 bits per heavy atom. The number of nitrogens with one attached hydrogen (secondary N) is 1. The number of hydrogen-bond donors (Lipinski definition) is 1. The number of benzene rings is 3. The molecule has 0 fully saturated rings. The van der Waals surface area contributed by atoms with Crippen molar-refractivity contribution in [2.24, 2.45) is 0 Å². The van der Waals surface area contributed by atoms with Gasteiger partial charge in [0.05, 0.1) is 9.92 Å². The van der Waals surface area contributed by atoms with Crippen LogP contribution in [-0.4, -0.2) is 26.6 Å². The van der Waals surface area contributed by atoms with Crippen LogP contribution in [-0.2, 0) is 26.0 Å². The Kier molecular flexibility index (Phi) is 8.57. The lowest BCUT2D eigenvalue weighted by Crippen LogP contribution is -2.31. The quantitative estimate of drug-likeness (QED) is 0.294. The molecule has 0 saturated heterocycles. The molecule has 1 aliphatic rings. The minimum Gasteiger partial charge on any atom is -0.482 e. The maximum atomic E-state index is 13.3. The molecule has 3 aromatic rings. The predicted octanol–water partition coefficient (Wildman–Crippen LogP) is 6.86. The van der Waals surface area contributed by atoms with E-state index >= 15 is 0 Å². The highest BCUT2D eigenvalue weighted by molar-refractivity contribution is 7.89. The van der Waals surface area contributed by atoms with Gasteiger partial charge in [-0.25, -0.2) is 17.9 Å². The first-order chi connectivity index (χ1) is 17.9. The zero-order chi connectivity index (χ0) is 27.5. The van der Waals surface area contributed by atoms with E-state index in [1.807, 2.05) is 6.07 Å². The van der Waals surface area contributed by atoms with E-state index in [0.29, 0.717) is 35.1 Å². The van der Waals surface area contributed by atoms with Gasteiger partial charge in [-0.15, -0.1) is 0 Å². The average Bonchev–Trinajstić information content (AvgIpc) is 2.84. The molecule has 0 aromatic heterocycles. The smallest absolute Gasteiger partial charge is 0.344 e. The monoisotopic (exact) mass is 577 g/mol. The Morgan fingerprint density at radius 2 is 1.76 bits per heavy atom. The molecule has 0 bridgehead atoms. The second-order valence-corrected chi connectivity index (χ2v) is 12.5. The average molecular weight is 579 g/mol. The number of carbonyl (C=O) groups excluding carboxylic acids is 1. The zero-order valence-electron chi connectivity index (χ0n) is 21.3. The minimum atomic E-state index is -3.90. The van der Waals surface area contributed by atoms with Gasteiger partial charge in [-0.05, 0) is 99.7 Å². The van der Waals surface area contributed by atoms with Crippen LogP contribution in [0.4, 0.5) is 0 Å². The third-order valence-corrected chi connectivity index (χ3v) is 7.80. The molecule has 38 heavy (non-hydrogen) atoms. The first-order valence-corrected chi connectivity index (χ1v) is 14.4. The van der Waals surface area contributed by atoms with Crippen molar-refractivity contribution < 1.29 is 27.4 Å². The van der Waals surface area contributed by atoms with Crippen molar-refractivity contribution in [3.05, 3.63) is 81.8 Å².